The predicted molar refractivity (Wildman–Crippen MR) is 99.2 cm³/mol. The molecule has 4 heteroatoms. The molecule has 0 spiro atoms. The standard InChI is InChI=1S/C22H34O4/c1-4-26-20(25)13-7-9-21(2)14(11-13)12-17(23)19-15-5-6-18(24)22(15,3)10-8-16(19)21/h12-13,15-19,23-24H,4-11H2,1-3H3/t13?,15-,16-,17-,18-,19-,21-,22-/m0/s1. The summed E-state index contributed by atoms with van der Waals surface area (Å²) in [5.41, 5.74) is 1.33. The number of fused-ring (bicyclic) bond motifs is 5. The van der Waals surface area contributed by atoms with Gasteiger partial charge in [-0.05, 0) is 80.5 Å². The summed E-state index contributed by atoms with van der Waals surface area (Å²) in [4.78, 5) is 12.2. The second-order valence-electron chi connectivity index (χ2n) is 9.72. The Bertz CT molecular complexity index is 613. The highest BCUT2D eigenvalue weighted by molar-refractivity contribution is 5.73. The molecule has 0 aromatic heterocycles. The number of hydrogen-bond donors (Lipinski definition) is 2. The Morgan fingerprint density at radius 3 is 2.65 bits per heavy atom. The predicted octanol–water partition coefficient (Wildman–Crippen LogP) is 3.46. The summed E-state index contributed by atoms with van der Waals surface area (Å²) in [6, 6.07) is 0. The average molecular weight is 363 g/mol. The number of aliphatic hydroxyl groups excluding tert-OH is 2. The molecule has 146 valence electrons. The van der Waals surface area contributed by atoms with Gasteiger partial charge in [-0.1, -0.05) is 25.5 Å². The fourth-order valence-corrected chi connectivity index (χ4v) is 7.08. The average Bonchev–Trinajstić information content (AvgIpc) is 2.91. The molecule has 3 fully saturated rings. The maximum absolute atomic E-state index is 12.2. The molecule has 4 aliphatic rings. The topological polar surface area (TPSA) is 66.8 Å². The van der Waals surface area contributed by atoms with E-state index in [1.165, 1.54) is 5.57 Å². The van der Waals surface area contributed by atoms with Crippen LogP contribution in [0.4, 0.5) is 0 Å². The third-order valence-electron chi connectivity index (χ3n) is 8.70. The highest BCUT2D eigenvalue weighted by Gasteiger charge is 2.60. The van der Waals surface area contributed by atoms with Crippen molar-refractivity contribution >= 4 is 5.97 Å². The van der Waals surface area contributed by atoms with E-state index >= 15 is 0 Å². The monoisotopic (exact) mass is 362 g/mol. The van der Waals surface area contributed by atoms with Crippen molar-refractivity contribution in [3.63, 3.8) is 0 Å². The Morgan fingerprint density at radius 2 is 1.92 bits per heavy atom. The van der Waals surface area contributed by atoms with Gasteiger partial charge in [0.15, 0.2) is 0 Å². The Morgan fingerprint density at radius 1 is 1.15 bits per heavy atom. The first-order valence-electron chi connectivity index (χ1n) is 10.5. The lowest BCUT2D eigenvalue weighted by Gasteiger charge is -2.58. The van der Waals surface area contributed by atoms with Crippen molar-refractivity contribution in [1.82, 2.24) is 0 Å². The van der Waals surface area contributed by atoms with Crippen molar-refractivity contribution in [2.24, 2.45) is 34.5 Å². The second-order valence-corrected chi connectivity index (χ2v) is 9.72. The van der Waals surface area contributed by atoms with Crippen LogP contribution in [-0.4, -0.2) is 35.0 Å². The van der Waals surface area contributed by atoms with Crippen molar-refractivity contribution in [2.45, 2.75) is 77.9 Å². The van der Waals surface area contributed by atoms with Gasteiger partial charge in [0.05, 0.1) is 24.7 Å². The molecule has 0 amide bonds. The first-order chi connectivity index (χ1) is 12.3. The zero-order chi connectivity index (χ0) is 18.7. The summed E-state index contributed by atoms with van der Waals surface area (Å²) in [5.74, 6) is 0.980. The molecule has 4 rings (SSSR count). The van der Waals surface area contributed by atoms with Crippen molar-refractivity contribution < 1.29 is 19.7 Å². The van der Waals surface area contributed by atoms with Crippen LogP contribution in [0.15, 0.2) is 11.6 Å². The van der Waals surface area contributed by atoms with Crippen LogP contribution in [0, 0.1) is 34.5 Å². The van der Waals surface area contributed by atoms with Crippen LogP contribution in [0.2, 0.25) is 0 Å². The first-order valence-corrected chi connectivity index (χ1v) is 10.5. The summed E-state index contributed by atoms with van der Waals surface area (Å²) < 4.78 is 5.25. The minimum absolute atomic E-state index is 0.0357. The molecular formula is C22H34O4. The molecule has 4 aliphatic carbocycles. The fraction of sp³-hybridized carbons (Fsp3) is 0.864. The van der Waals surface area contributed by atoms with Crippen LogP contribution in [-0.2, 0) is 9.53 Å². The third-order valence-corrected chi connectivity index (χ3v) is 8.70. The molecule has 0 aromatic rings. The molecule has 0 heterocycles. The molecule has 0 aromatic carbocycles. The maximum Gasteiger partial charge on any atom is 0.309 e. The van der Waals surface area contributed by atoms with Gasteiger partial charge in [0.2, 0.25) is 0 Å². The van der Waals surface area contributed by atoms with E-state index in [9.17, 15) is 15.0 Å². The summed E-state index contributed by atoms with van der Waals surface area (Å²) in [5, 5.41) is 21.6. The van der Waals surface area contributed by atoms with E-state index in [-0.39, 0.29) is 34.7 Å². The van der Waals surface area contributed by atoms with Gasteiger partial charge in [-0.2, -0.15) is 0 Å². The van der Waals surface area contributed by atoms with Crippen LogP contribution in [0.5, 0.6) is 0 Å². The quantitative estimate of drug-likeness (QED) is 0.583. The van der Waals surface area contributed by atoms with Crippen LogP contribution >= 0.6 is 0 Å². The normalized spacial score (nSPS) is 50.3. The lowest BCUT2D eigenvalue weighted by Crippen LogP contribution is -2.55. The number of hydrogen-bond acceptors (Lipinski definition) is 4. The zero-order valence-corrected chi connectivity index (χ0v) is 16.4. The Kier molecular flexibility index (Phi) is 4.51. The largest absolute Gasteiger partial charge is 0.466 e. The van der Waals surface area contributed by atoms with Crippen LogP contribution in [0.3, 0.4) is 0 Å². The van der Waals surface area contributed by atoms with Crippen molar-refractivity contribution in [2.75, 3.05) is 6.61 Å². The number of esters is 1. The van der Waals surface area contributed by atoms with E-state index in [0.717, 1.165) is 44.9 Å². The highest BCUT2D eigenvalue weighted by atomic mass is 16.5. The van der Waals surface area contributed by atoms with Gasteiger partial charge in [0, 0.05) is 0 Å². The number of carbonyl (C=O) groups is 1. The van der Waals surface area contributed by atoms with E-state index < -0.39 is 6.10 Å². The zero-order valence-electron chi connectivity index (χ0n) is 16.4. The van der Waals surface area contributed by atoms with Gasteiger partial charge >= 0.3 is 5.97 Å². The number of rotatable bonds is 2. The summed E-state index contributed by atoms with van der Waals surface area (Å²) in [6.07, 6.45) is 8.05. The van der Waals surface area contributed by atoms with E-state index in [1.54, 1.807) is 0 Å². The number of ether oxygens (including phenoxy) is 1. The maximum atomic E-state index is 12.2. The molecule has 4 nitrogen and oxygen atoms in total. The van der Waals surface area contributed by atoms with Gasteiger partial charge in [0.25, 0.3) is 0 Å². The van der Waals surface area contributed by atoms with Gasteiger partial charge < -0.3 is 14.9 Å². The smallest absolute Gasteiger partial charge is 0.309 e. The van der Waals surface area contributed by atoms with E-state index in [4.69, 9.17) is 4.74 Å². The highest BCUT2D eigenvalue weighted by Crippen LogP contribution is 2.65. The molecule has 3 saturated carbocycles. The first kappa shape index (κ1) is 18.5. The van der Waals surface area contributed by atoms with Crippen molar-refractivity contribution in [3.05, 3.63) is 11.6 Å². The van der Waals surface area contributed by atoms with Gasteiger partial charge in [-0.3, -0.25) is 4.79 Å². The number of aliphatic hydroxyl groups is 2. The summed E-state index contributed by atoms with van der Waals surface area (Å²) >= 11 is 0. The Labute approximate surface area is 157 Å². The molecule has 0 radical (unpaired) electrons. The summed E-state index contributed by atoms with van der Waals surface area (Å²) in [7, 11) is 0. The third kappa shape index (κ3) is 2.51. The molecule has 2 N–H and O–H groups in total. The van der Waals surface area contributed by atoms with Crippen LogP contribution in [0.25, 0.3) is 0 Å². The molecule has 0 aliphatic heterocycles. The van der Waals surface area contributed by atoms with Crippen molar-refractivity contribution in [1.29, 1.82) is 0 Å². The van der Waals surface area contributed by atoms with Gasteiger partial charge in [-0.25, -0.2) is 0 Å². The molecule has 1 unspecified atom stereocenters. The number of allylic oxidation sites excluding steroid dienone is 1. The van der Waals surface area contributed by atoms with Crippen LogP contribution < -0.4 is 0 Å². The summed E-state index contributed by atoms with van der Waals surface area (Å²) in [6.45, 7) is 6.88. The van der Waals surface area contributed by atoms with E-state index in [1.807, 2.05) is 6.92 Å². The lowest BCUT2D eigenvalue weighted by atomic mass is 9.47. The van der Waals surface area contributed by atoms with Gasteiger partial charge in [0.1, 0.15) is 0 Å². The molecule has 0 saturated heterocycles. The van der Waals surface area contributed by atoms with Gasteiger partial charge in [-0.15, -0.1) is 0 Å². The van der Waals surface area contributed by atoms with Crippen LogP contribution in [0.1, 0.15) is 65.7 Å². The Hall–Kier alpha value is -0.870. The minimum Gasteiger partial charge on any atom is -0.466 e. The fourth-order valence-electron chi connectivity index (χ4n) is 7.08. The molecular weight excluding hydrogens is 328 g/mol. The van der Waals surface area contributed by atoms with E-state index in [2.05, 4.69) is 19.9 Å². The second kappa shape index (κ2) is 6.34. The van der Waals surface area contributed by atoms with E-state index in [0.29, 0.717) is 18.4 Å². The number of carbonyl (C=O) groups excluding carboxylic acids is 1. The molecule has 8 atom stereocenters. The van der Waals surface area contributed by atoms with Crippen molar-refractivity contribution in [3.8, 4) is 0 Å². The lowest BCUT2D eigenvalue weighted by molar-refractivity contribution is -0.150. The Balaban J connectivity index is 1.63. The SMILES string of the molecule is CCOC(=O)C1CC[C@@]2(C)C(=C[C@H](O)[C@H]3[C@@H]4CC[C@H](O)[C@@]4(C)CC[C@@H]32)C1. The molecule has 26 heavy (non-hydrogen) atoms. The minimum atomic E-state index is -0.445. The molecule has 0 bridgehead atoms.